The molecular weight excluding hydrogens is 270 g/mol. The SMILES string of the molecule is CC1CCc2sc(C(=O)NCC(C)(C)CCO)cc2C1. The van der Waals surface area contributed by atoms with E-state index in [2.05, 4.69) is 32.2 Å². The molecule has 1 unspecified atom stereocenters. The van der Waals surface area contributed by atoms with Crippen molar-refractivity contribution < 1.29 is 9.90 Å². The largest absolute Gasteiger partial charge is 0.396 e. The average molecular weight is 295 g/mol. The molecule has 0 fully saturated rings. The second-order valence-electron chi connectivity index (χ2n) is 6.73. The summed E-state index contributed by atoms with van der Waals surface area (Å²) in [6.07, 6.45) is 4.16. The van der Waals surface area contributed by atoms with E-state index in [0.717, 1.165) is 23.6 Å². The molecule has 1 aromatic heterocycles. The highest BCUT2D eigenvalue weighted by Gasteiger charge is 2.22. The summed E-state index contributed by atoms with van der Waals surface area (Å²) in [6, 6.07) is 2.07. The fourth-order valence-electron chi connectivity index (χ4n) is 2.62. The Labute approximate surface area is 125 Å². The topological polar surface area (TPSA) is 49.3 Å². The molecule has 1 aromatic rings. The summed E-state index contributed by atoms with van der Waals surface area (Å²) in [5.41, 5.74) is 1.31. The Morgan fingerprint density at radius 2 is 2.30 bits per heavy atom. The van der Waals surface area contributed by atoms with E-state index >= 15 is 0 Å². The molecule has 0 aliphatic heterocycles. The summed E-state index contributed by atoms with van der Waals surface area (Å²) in [5.74, 6) is 0.763. The fraction of sp³-hybridized carbons (Fsp3) is 0.688. The molecule has 1 heterocycles. The van der Waals surface area contributed by atoms with Gasteiger partial charge in [-0.2, -0.15) is 0 Å². The van der Waals surface area contributed by atoms with Crippen LogP contribution in [-0.2, 0) is 12.8 Å². The zero-order valence-electron chi connectivity index (χ0n) is 12.7. The van der Waals surface area contributed by atoms with Crippen LogP contribution in [0.1, 0.15) is 53.7 Å². The van der Waals surface area contributed by atoms with Crippen molar-refractivity contribution in [3.05, 3.63) is 21.4 Å². The van der Waals surface area contributed by atoms with Crippen molar-refractivity contribution in [1.82, 2.24) is 5.32 Å². The lowest BCUT2D eigenvalue weighted by Crippen LogP contribution is -2.34. The van der Waals surface area contributed by atoms with Crippen LogP contribution in [0.25, 0.3) is 0 Å². The smallest absolute Gasteiger partial charge is 0.261 e. The van der Waals surface area contributed by atoms with Gasteiger partial charge in [-0.3, -0.25) is 4.79 Å². The molecule has 0 saturated carbocycles. The van der Waals surface area contributed by atoms with Crippen molar-refractivity contribution in [3.63, 3.8) is 0 Å². The summed E-state index contributed by atoms with van der Waals surface area (Å²) in [4.78, 5) is 14.5. The van der Waals surface area contributed by atoms with Gasteiger partial charge in [-0.05, 0) is 48.6 Å². The molecule has 1 amide bonds. The minimum atomic E-state index is -0.0597. The highest BCUT2D eigenvalue weighted by molar-refractivity contribution is 7.14. The minimum Gasteiger partial charge on any atom is -0.396 e. The number of amides is 1. The minimum absolute atomic E-state index is 0.0306. The van der Waals surface area contributed by atoms with Gasteiger partial charge in [0.05, 0.1) is 4.88 Å². The molecule has 2 rings (SSSR count). The lowest BCUT2D eigenvalue weighted by Gasteiger charge is -2.23. The number of carbonyl (C=O) groups is 1. The number of aryl methyl sites for hydroxylation is 1. The Morgan fingerprint density at radius 3 is 3.00 bits per heavy atom. The molecule has 1 aliphatic rings. The number of aliphatic hydroxyl groups excluding tert-OH is 1. The van der Waals surface area contributed by atoms with E-state index in [1.807, 2.05) is 0 Å². The van der Waals surface area contributed by atoms with Crippen molar-refractivity contribution >= 4 is 17.2 Å². The van der Waals surface area contributed by atoms with Gasteiger partial charge in [0, 0.05) is 18.0 Å². The van der Waals surface area contributed by atoms with Crippen molar-refractivity contribution in [3.8, 4) is 0 Å². The van der Waals surface area contributed by atoms with Crippen molar-refractivity contribution in [2.45, 2.75) is 46.5 Å². The number of carbonyl (C=O) groups excluding carboxylic acids is 1. The van der Waals surface area contributed by atoms with Crippen molar-refractivity contribution in [2.75, 3.05) is 13.2 Å². The molecule has 0 aromatic carbocycles. The normalized spacial score (nSPS) is 18.7. The molecule has 1 atom stereocenters. The van der Waals surface area contributed by atoms with Crippen LogP contribution in [-0.4, -0.2) is 24.2 Å². The predicted octanol–water partition coefficient (Wildman–Crippen LogP) is 3.01. The summed E-state index contributed by atoms with van der Waals surface area (Å²) < 4.78 is 0. The molecule has 20 heavy (non-hydrogen) atoms. The van der Waals surface area contributed by atoms with Gasteiger partial charge in [0.2, 0.25) is 0 Å². The van der Waals surface area contributed by atoms with E-state index < -0.39 is 0 Å². The Hall–Kier alpha value is -0.870. The Kier molecular flexibility index (Phi) is 4.86. The van der Waals surface area contributed by atoms with Crippen LogP contribution in [0.4, 0.5) is 0 Å². The van der Waals surface area contributed by atoms with E-state index in [1.165, 1.54) is 16.9 Å². The zero-order valence-corrected chi connectivity index (χ0v) is 13.5. The summed E-state index contributed by atoms with van der Waals surface area (Å²) in [5, 5.41) is 12.0. The third kappa shape index (κ3) is 3.83. The molecule has 4 heteroatoms. The highest BCUT2D eigenvalue weighted by atomic mass is 32.1. The standard InChI is InChI=1S/C16H25NO2S/c1-11-4-5-13-12(8-11)9-14(20-13)15(19)17-10-16(2,3)6-7-18/h9,11,18H,4-8,10H2,1-3H3,(H,17,19). The van der Waals surface area contributed by atoms with E-state index in [4.69, 9.17) is 5.11 Å². The van der Waals surface area contributed by atoms with E-state index in [1.54, 1.807) is 11.3 Å². The van der Waals surface area contributed by atoms with Gasteiger partial charge < -0.3 is 10.4 Å². The van der Waals surface area contributed by atoms with Crippen LogP contribution < -0.4 is 5.32 Å². The molecular formula is C16H25NO2S. The van der Waals surface area contributed by atoms with Gasteiger partial charge in [-0.15, -0.1) is 11.3 Å². The van der Waals surface area contributed by atoms with Crippen LogP contribution in [0.2, 0.25) is 0 Å². The monoisotopic (exact) mass is 295 g/mol. The Balaban J connectivity index is 1.97. The summed E-state index contributed by atoms with van der Waals surface area (Å²) in [7, 11) is 0. The molecule has 0 bridgehead atoms. The van der Waals surface area contributed by atoms with Crippen LogP contribution in [0.3, 0.4) is 0 Å². The zero-order chi connectivity index (χ0) is 14.8. The first kappa shape index (κ1) is 15.5. The van der Waals surface area contributed by atoms with Crippen molar-refractivity contribution in [1.29, 1.82) is 0 Å². The number of hydrogen-bond donors (Lipinski definition) is 2. The fourth-order valence-corrected chi connectivity index (χ4v) is 3.74. The maximum atomic E-state index is 12.2. The van der Waals surface area contributed by atoms with Gasteiger partial charge in [0.1, 0.15) is 0 Å². The van der Waals surface area contributed by atoms with Crippen molar-refractivity contribution in [2.24, 2.45) is 11.3 Å². The maximum Gasteiger partial charge on any atom is 0.261 e. The number of fused-ring (bicyclic) bond motifs is 1. The van der Waals surface area contributed by atoms with Gasteiger partial charge in [0.25, 0.3) is 5.91 Å². The van der Waals surface area contributed by atoms with Crippen LogP contribution in [0.5, 0.6) is 0 Å². The first-order valence-corrected chi connectivity index (χ1v) is 8.23. The first-order valence-electron chi connectivity index (χ1n) is 7.42. The van der Waals surface area contributed by atoms with E-state index in [0.29, 0.717) is 13.0 Å². The molecule has 112 valence electrons. The quantitative estimate of drug-likeness (QED) is 0.877. The Bertz CT molecular complexity index is 479. The first-order chi connectivity index (χ1) is 9.41. The maximum absolute atomic E-state index is 12.2. The number of nitrogens with one attached hydrogen (secondary N) is 1. The third-order valence-electron chi connectivity index (χ3n) is 4.07. The number of hydrogen-bond acceptors (Lipinski definition) is 3. The second kappa shape index (κ2) is 6.27. The molecule has 0 radical (unpaired) electrons. The van der Waals surface area contributed by atoms with Gasteiger partial charge >= 0.3 is 0 Å². The lowest BCUT2D eigenvalue weighted by molar-refractivity contribution is 0.0932. The number of thiophene rings is 1. The second-order valence-corrected chi connectivity index (χ2v) is 7.86. The molecule has 1 aliphatic carbocycles. The number of rotatable bonds is 5. The van der Waals surface area contributed by atoms with Crippen LogP contribution in [0.15, 0.2) is 6.07 Å². The predicted molar refractivity (Wildman–Crippen MR) is 83.3 cm³/mol. The highest BCUT2D eigenvalue weighted by Crippen LogP contribution is 2.32. The van der Waals surface area contributed by atoms with Gasteiger partial charge in [-0.25, -0.2) is 0 Å². The molecule has 2 N–H and O–H groups in total. The molecule has 0 spiro atoms. The van der Waals surface area contributed by atoms with Gasteiger partial charge in [0.15, 0.2) is 0 Å². The summed E-state index contributed by atoms with van der Waals surface area (Å²) >= 11 is 1.65. The Morgan fingerprint density at radius 1 is 1.55 bits per heavy atom. The van der Waals surface area contributed by atoms with E-state index in [-0.39, 0.29) is 17.9 Å². The van der Waals surface area contributed by atoms with Crippen LogP contribution >= 0.6 is 11.3 Å². The van der Waals surface area contributed by atoms with Crippen LogP contribution in [0, 0.1) is 11.3 Å². The van der Waals surface area contributed by atoms with E-state index in [9.17, 15) is 4.79 Å². The number of aliphatic hydroxyl groups is 1. The molecule has 3 nitrogen and oxygen atoms in total. The third-order valence-corrected chi connectivity index (χ3v) is 5.30. The molecule has 0 saturated heterocycles. The van der Waals surface area contributed by atoms with Gasteiger partial charge in [-0.1, -0.05) is 20.8 Å². The average Bonchev–Trinajstić information content (AvgIpc) is 2.79. The summed E-state index contributed by atoms with van der Waals surface area (Å²) in [6.45, 7) is 7.16. The lowest BCUT2D eigenvalue weighted by atomic mass is 9.89.